The molecule has 2 aromatic carbocycles. The minimum atomic E-state index is -0.973. The largest absolute Gasteiger partial charge is 0.478 e. The number of amides is 1. The summed E-state index contributed by atoms with van der Waals surface area (Å²) in [5.41, 5.74) is 5.20. The lowest BCUT2D eigenvalue weighted by Gasteiger charge is -2.27. The first-order valence-electron chi connectivity index (χ1n) is 13.2. The Balaban J connectivity index is 1.40. The lowest BCUT2D eigenvalue weighted by Crippen LogP contribution is -2.83. The smallest absolute Gasteiger partial charge is 0.335 e. The summed E-state index contributed by atoms with van der Waals surface area (Å²) in [6, 6.07) is 16.2. The van der Waals surface area contributed by atoms with E-state index in [4.69, 9.17) is 5.11 Å². The molecule has 1 atom stereocenters. The molecule has 1 unspecified atom stereocenters. The summed E-state index contributed by atoms with van der Waals surface area (Å²) in [6.45, 7) is 11.1. The van der Waals surface area contributed by atoms with E-state index in [2.05, 4.69) is 56.2 Å². The third kappa shape index (κ3) is 6.10. The van der Waals surface area contributed by atoms with Crippen molar-refractivity contribution in [1.29, 1.82) is 0 Å². The monoisotopic (exact) mass is 518 g/mol. The van der Waals surface area contributed by atoms with Crippen LogP contribution in [0.5, 0.6) is 0 Å². The van der Waals surface area contributed by atoms with Gasteiger partial charge in [0, 0.05) is 47.8 Å². The van der Waals surface area contributed by atoms with Crippen LogP contribution < -0.4 is 10.2 Å². The van der Waals surface area contributed by atoms with Crippen LogP contribution in [-0.2, 0) is 16.8 Å². The molecule has 0 radical (unpaired) electrons. The van der Waals surface area contributed by atoms with Gasteiger partial charge < -0.3 is 15.3 Å². The van der Waals surface area contributed by atoms with Crippen LogP contribution in [0.25, 0.3) is 11.1 Å². The van der Waals surface area contributed by atoms with Crippen molar-refractivity contribution in [1.82, 2.24) is 4.98 Å². The van der Waals surface area contributed by atoms with Gasteiger partial charge in [0.2, 0.25) is 11.9 Å². The van der Waals surface area contributed by atoms with Gasteiger partial charge in [-0.1, -0.05) is 39.8 Å². The highest BCUT2D eigenvalue weighted by Gasteiger charge is 2.42. The molecule has 6 nitrogen and oxygen atoms in total. The minimum absolute atomic E-state index is 0.0810. The lowest BCUT2D eigenvalue weighted by atomic mass is 9.80. The zero-order valence-corrected chi connectivity index (χ0v) is 22.6. The standard InChI is InChI=1S/C31H36FN3O3/c1-5-31(17-28(36)35(20-31)24-10-7-22(8-11-24)29(37)38)14-15-33-18-21-6-12-25(26(16-21)30(2,3)4)23-9-13-27(32)34-19-23/h6-13,16,19,33H,5,14-15,17-18,20H2,1-4H3,(H,37,38)/p+1. The van der Waals surface area contributed by atoms with E-state index in [9.17, 15) is 14.0 Å². The van der Waals surface area contributed by atoms with Gasteiger partial charge in [-0.3, -0.25) is 4.79 Å². The van der Waals surface area contributed by atoms with Gasteiger partial charge in [-0.05, 0) is 65.4 Å². The van der Waals surface area contributed by atoms with Crippen LogP contribution in [0.4, 0.5) is 10.1 Å². The number of carbonyl (C=O) groups excluding carboxylic acids is 1. The van der Waals surface area contributed by atoms with E-state index >= 15 is 0 Å². The minimum Gasteiger partial charge on any atom is -0.478 e. The molecule has 1 amide bonds. The van der Waals surface area contributed by atoms with Gasteiger partial charge in [-0.15, -0.1) is 0 Å². The number of halogens is 1. The molecule has 1 aliphatic heterocycles. The van der Waals surface area contributed by atoms with Gasteiger partial charge in [-0.25, -0.2) is 9.78 Å². The summed E-state index contributed by atoms with van der Waals surface area (Å²) in [5, 5.41) is 11.4. The van der Waals surface area contributed by atoms with E-state index in [1.807, 2.05) is 0 Å². The number of aromatic carboxylic acids is 1. The Morgan fingerprint density at radius 1 is 1.13 bits per heavy atom. The van der Waals surface area contributed by atoms with Crippen LogP contribution in [0, 0.1) is 11.4 Å². The third-order valence-electron chi connectivity index (χ3n) is 7.69. The van der Waals surface area contributed by atoms with Gasteiger partial charge in [0.15, 0.2) is 0 Å². The van der Waals surface area contributed by atoms with Gasteiger partial charge >= 0.3 is 5.97 Å². The average Bonchev–Trinajstić information content (AvgIpc) is 3.23. The van der Waals surface area contributed by atoms with Crippen molar-refractivity contribution < 1.29 is 24.4 Å². The van der Waals surface area contributed by atoms with Crippen molar-refractivity contribution in [2.45, 2.75) is 58.9 Å². The molecule has 0 saturated carbocycles. The van der Waals surface area contributed by atoms with Crippen molar-refractivity contribution in [3.8, 4) is 11.1 Å². The molecular weight excluding hydrogens is 481 g/mol. The molecule has 0 spiro atoms. The molecule has 1 aromatic heterocycles. The van der Waals surface area contributed by atoms with Crippen LogP contribution in [0.1, 0.15) is 68.4 Å². The van der Waals surface area contributed by atoms with Crippen molar-refractivity contribution in [2.75, 3.05) is 18.0 Å². The SMILES string of the molecule is CCC1(CC[NH2+]Cc2ccc(-c3ccc(F)nc3)c(C(C)(C)C)c2)CC(=O)N(c2ccc(C(=O)O)cc2)C1. The first-order valence-corrected chi connectivity index (χ1v) is 13.2. The van der Waals surface area contributed by atoms with E-state index in [0.29, 0.717) is 13.0 Å². The number of quaternary nitrogens is 1. The van der Waals surface area contributed by atoms with Crippen LogP contribution in [0.3, 0.4) is 0 Å². The van der Waals surface area contributed by atoms with Gasteiger partial charge in [0.25, 0.3) is 0 Å². The molecule has 2 heterocycles. The second-order valence-electron chi connectivity index (χ2n) is 11.4. The number of carboxylic acids is 1. The Labute approximate surface area is 223 Å². The van der Waals surface area contributed by atoms with Crippen LogP contribution in [0.2, 0.25) is 0 Å². The molecular formula is C31H37FN3O3+. The van der Waals surface area contributed by atoms with Gasteiger partial charge in [0.1, 0.15) is 6.54 Å². The van der Waals surface area contributed by atoms with Crippen molar-refractivity contribution in [3.63, 3.8) is 0 Å². The van der Waals surface area contributed by atoms with Crippen LogP contribution >= 0.6 is 0 Å². The Morgan fingerprint density at radius 2 is 1.87 bits per heavy atom. The Hall–Kier alpha value is -3.58. The predicted octanol–water partition coefficient (Wildman–Crippen LogP) is 5.17. The number of aromatic nitrogens is 1. The van der Waals surface area contributed by atoms with Crippen LogP contribution in [-0.4, -0.2) is 35.1 Å². The summed E-state index contributed by atoms with van der Waals surface area (Å²) in [7, 11) is 0. The average molecular weight is 519 g/mol. The topological polar surface area (TPSA) is 87.1 Å². The Morgan fingerprint density at radius 3 is 2.47 bits per heavy atom. The molecule has 38 heavy (non-hydrogen) atoms. The highest BCUT2D eigenvalue weighted by Crippen LogP contribution is 2.40. The molecule has 0 bridgehead atoms. The second kappa shape index (κ2) is 11.0. The molecule has 4 rings (SSSR count). The second-order valence-corrected chi connectivity index (χ2v) is 11.4. The predicted molar refractivity (Wildman–Crippen MR) is 147 cm³/mol. The fraction of sp³-hybridized carbons (Fsp3) is 0.387. The number of carbonyl (C=O) groups is 2. The van der Waals surface area contributed by atoms with Gasteiger partial charge in [0.05, 0.1) is 12.1 Å². The molecule has 1 fully saturated rings. The highest BCUT2D eigenvalue weighted by molar-refractivity contribution is 5.97. The first kappa shape index (κ1) is 27.5. The number of rotatable bonds is 9. The van der Waals surface area contributed by atoms with E-state index in [1.54, 1.807) is 41.4 Å². The summed E-state index contributed by atoms with van der Waals surface area (Å²) in [4.78, 5) is 29.7. The number of benzene rings is 2. The highest BCUT2D eigenvalue weighted by atomic mass is 19.1. The number of nitrogens with zero attached hydrogens (tertiary/aromatic N) is 2. The summed E-state index contributed by atoms with van der Waals surface area (Å²) in [6.07, 6.45) is 3.92. The quantitative estimate of drug-likeness (QED) is 0.302. The Kier molecular flexibility index (Phi) is 7.97. The van der Waals surface area contributed by atoms with Crippen molar-refractivity contribution in [3.05, 3.63) is 83.4 Å². The number of anilines is 1. The molecule has 1 saturated heterocycles. The van der Waals surface area contributed by atoms with Gasteiger partial charge in [-0.2, -0.15) is 4.39 Å². The van der Waals surface area contributed by atoms with Crippen molar-refractivity contribution in [2.24, 2.45) is 5.41 Å². The summed E-state index contributed by atoms with van der Waals surface area (Å²) < 4.78 is 13.4. The zero-order valence-electron chi connectivity index (χ0n) is 22.6. The van der Waals surface area contributed by atoms with Crippen molar-refractivity contribution >= 4 is 17.6 Å². The van der Waals surface area contributed by atoms with E-state index in [0.717, 1.165) is 42.7 Å². The molecule has 3 N–H and O–H groups in total. The molecule has 7 heteroatoms. The lowest BCUT2D eigenvalue weighted by molar-refractivity contribution is -0.672. The molecule has 3 aromatic rings. The summed E-state index contributed by atoms with van der Waals surface area (Å²) >= 11 is 0. The fourth-order valence-electron chi connectivity index (χ4n) is 5.30. The fourth-order valence-corrected chi connectivity index (χ4v) is 5.30. The van der Waals surface area contributed by atoms with Crippen LogP contribution in [0.15, 0.2) is 60.8 Å². The third-order valence-corrected chi connectivity index (χ3v) is 7.69. The van der Waals surface area contributed by atoms with E-state index in [1.165, 1.54) is 17.2 Å². The first-order chi connectivity index (χ1) is 18.0. The maximum Gasteiger partial charge on any atom is 0.335 e. The maximum atomic E-state index is 13.4. The number of hydrogen-bond donors (Lipinski definition) is 2. The van der Waals surface area contributed by atoms with E-state index < -0.39 is 11.9 Å². The molecule has 0 aliphatic carbocycles. The number of nitrogens with two attached hydrogens (primary N) is 1. The number of hydrogen-bond acceptors (Lipinski definition) is 3. The number of pyridine rings is 1. The van der Waals surface area contributed by atoms with E-state index in [-0.39, 0.29) is 22.3 Å². The summed E-state index contributed by atoms with van der Waals surface area (Å²) in [5.74, 6) is -1.36. The number of carboxylic acid groups (broad SMARTS) is 1. The Bertz CT molecular complexity index is 1300. The zero-order chi connectivity index (χ0) is 27.5. The molecule has 1 aliphatic rings. The normalized spacial score (nSPS) is 17.7. The molecule has 200 valence electrons. The maximum absolute atomic E-state index is 13.4.